The van der Waals surface area contributed by atoms with Gasteiger partial charge in [0.15, 0.2) is 0 Å². The quantitative estimate of drug-likeness (QED) is 0.547. The molecule has 0 aliphatic carbocycles. The maximum absolute atomic E-state index is 5.97. The zero-order valence-electron chi connectivity index (χ0n) is 14.7. The van der Waals surface area contributed by atoms with E-state index in [1.165, 1.54) is 16.7 Å². The second kappa shape index (κ2) is 5.33. The van der Waals surface area contributed by atoms with Crippen molar-refractivity contribution in [2.75, 3.05) is 11.1 Å². The molecule has 1 unspecified atom stereocenters. The molecule has 1 aliphatic heterocycles. The van der Waals surface area contributed by atoms with Gasteiger partial charge in [-0.15, -0.1) is 5.10 Å². The number of hydrogen-bond donors (Lipinski definition) is 2. The van der Waals surface area contributed by atoms with Crippen molar-refractivity contribution in [1.82, 2.24) is 14.6 Å². The predicted molar refractivity (Wildman–Crippen MR) is 104 cm³/mol. The Labute approximate surface area is 151 Å². The topological polar surface area (TPSA) is 68.2 Å². The van der Waals surface area contributed by atoms with Crippen molar-refractivity contribution < 1.29 is 0 Å². The van der Waals surface area contributed by atoms with Crippen LogP contribution in [-0.4, -0.2) is 14.6 Å². The summed E-state index contributed by atoms with van der Waals surface area (Å²) in [6.07, 6.45) is 1.96. The molecule has 26 heavy (non-hydrogen) atoms. The van der Waals surface area contributed by atoms with Crippen LogP contribution in [0, 0.1) is 13.8 Å². The Kier molecular flexibility index (Phi) is 3.06. The smallest absolute Gasteiger partial charge is 0.238 e. The van der Waals surface area contributed by atoms with Gasteiger partial charge in [0.2, 0.25) is 5.95 Å². The molecular weight excluding hydrogens is 322 g/mol. The number of rotatable bonds is 1. The van der Waals surface area contributed by atoms with Crippen LogP contribution in [0.5, 0.6) is 0 Å². The van der Waals surface area contributed by atoms with Crippen molar-refractivity contribution in [3.63, 3.8) is 0 Å². The molecule has 0 radical (unpaired) electrons. The lowest BCUT2D eigenvalue weighted by Gasteiger charge is -2.23. The van der Waals surface area contributed by atoms with Crippen molar-refractivity contribution in [2.45, 2.75) is 19.9 Å². The van der Waals surface area contributed by atoms with Crippen LogP contribution in [-0.2, 0) is 0 Å². The number of nitrogens with zero attached hydrogens (tertiary/aromatic N) is 3. The molecule has 2 aromatic carbocycles. The fraction of sp³-hybridized carbons (Fsp3) is 0.143. The number of benzene rings is 2. The highest BCUT2D eigenvalue weighted by Gasteiger charge is 2.28. The summed E-state index contributed by atoms with van der Waals surface area (Å²) in [5, 5.41) is 8.13. The first-order chi connectivity index (χ1) is 12.6. The second-order valence-corrected chi connectivity index (χ2v) is 6.81. The van der Waals surface area contributed by atoms with Crippen molar-refractivity contribution in [2.24, 2.45) is 0 Å². The highest BCUT2D eigenvalue weighted by Crippen LogP contribution is 2.42. The van der Waals surface area contributed by atoms with Crippen LogP contribution in [0.3, 0.4) is 0 Å². The monoisotopic (exact) mass is 341 g/mol. The Balaban J connectivity index is 1.89. The van der Waals surface area contributed by atoms with E-state index in [2.05, 4.69) is 65.6 Å². The van der Waals surface area contributed by atoms with Gasteiger partial charge in [-0.1, -0.05) is 36.4 Å². The van der Waals surface area contributed by atoms with E-state index >= 15 is 0 Å². The van der Waals surface area contributed by atoms with Crippen LogP contribution in [0.2, 0.25) is 0 Å². The summed E-state index contributed by atoms with van der Waals surface area (Å²) >= 11 is 0. The van der Waals surface area contributed by atoms with Crippen LogP contribution in [0.25, 0.3) is 16.8 Å². The fourth-order valence-electron chi connectivity index (χ4n) is 4.05. The fourth-order valence-corrected chi connectivity index (χ4v) is 4.05. The van der Waals surface area contributed by atoms with Gasteiger partial charge in [-0.05, 0) is 42.7 Å². The number of hydrogen-bond acceptors (Lipinski definition) is 4. The molecule has 128 valence electrons. The molecule has 0 bridgehead atoms. The van der Waals surface area contributed by atoms with Gasteiger partial charge in [-0.3, -0.25) is 0 Å². The number of aromatic nitrogens is 3. The lowest BCUT2D eigenvalue weighted by atomic mass is 9.92. The van der Waals surface area contributed by atoms with Crippen LogP contribution in [0.1, 0.15) is 28.3 Å². The van der Waals surface area contributed by atoms with Gasteiger partial charge >= 0.3 is 0 Å². The molecule has 5 rings (SSSR count). The molecule has 0 amide bonds. The van der Waals surface area contributed by atoms with Crippen LogP contribution >= 0.6 is 0 Å². The van der Waals surface area contributed by atoms with Crippen molar-refractivity contribution >= 4 is 17.2 Å². The van der Waals surface area contributed by atoms with E-state index < -0.39 is 0 Å². The maximum atomic E-state index is 5.97. The van der Waals surface area contributed by atoms with Gasteiger partial charge in [0.25, 0.3) is 0 Å². The first kappa shape index (κ1) is 15.0. The largest absolute Gasteiger partial charge is 0.373 e. The summed E-state index contributed by atoms with van der Waals surface area (Å²) in [5.74, 6) is 0.273. The minimum absolute atomic E-state index is 0.0239. The SMILES string of the molecule is Cc1cccc(C)c1C1Nc2ccccc2-c2nc(N)nn3ccc1c23. The standard InChI is InChI=1S/C21H19N5/c1-12-6-5-7-13(2)17(12)18-15-10-11-26-20(15)19(24-21(22)25-26)14-8-3-4-9-16(14)23-18/h3-11,18,23H,1-2H3,(H2,22,25). The first-order valence-corrected chi connectivity index (χ1v) is 8.70. The summed E-state index contributed by atoms with van der Waals surface area (Å²) in [7, 11) is 0. The number of aryl methyl sites for hydroxylation is 2. The lowest BCUT2D eigenvalue weighted by Crippen LogP contribution is -2.14. The summed E-state index contributed by atoms with van der Waals surface area (Å²) in [5.41, 5.74) is 14.9. The molecule has 2 aromatic heterocycles. The molecule has 4 aromatic rings. The van der Waals surface area contributed by atoms with Gasteiger partial charge < -0.3 is 11.1 Å². The molecule has 0 saturated carbocycles. The van der Waals surface area contributed by atoms with E-state index in [4.69, 9.17) is 5.73 Å². The maximum Gasteiger partial charge on any atom is 0.238 e. The third-order valence-electron chi connectivity index (χ3n) is 5.18. The number of anilines is 2. The van der Waals surface area contributed by atoms with E-state index in [9.17, 15) is 0 Å². The second-order valence-electron chi connectivity index (χ2n) is 6.81. The van der Waals surface area contributed by atoms with Crippen molar-refractivity contribution in [1.29, 1.82) is 0 Å². The summed E-state index contributed by atoms with van der Waals surface area (Å²) in [6.45, 7) is 4.32. The molecular formula is C21H19N5. The van der Waals surface area contributed by atoms with Crippen molar-refractivity contribution in [3.05, 3.63) is 77.0 Å². The number of nitrogens with two attached hydrogens (primary N) is 1. The van der Waals surface area contributed by atoms with E-state index in [0.717, 1.165) is 28.0 Å². The number of nitrogen functional groups attached to an aromatic ring is 1. The lowest BCUT2D eigenvalue weighted by molar-refractivity contribution is 0.904. The molecule has 5 nitrogen and oxygen atoms in total. The average Bonchev–Trinajstić information content (AvgIpc) is 2.98. The van der Waals surface area contributed by atoms with Gasteiger partial charge in [0.05, 0.1) is 11.6 Å². The molecule has 3 N–H and O–H groups in total. The number of fused-ring (bicyclic) bond motifs is 2. The normalized spacial score (nSPS) is 15.4. The first-order valence-electron chi connectivity index (χ1n) is 8.70. The molecule has 3 heterocycles. The zero-order chi connectivity index (χ0) is 17.8. The Morgan fingerprint density at radius 1 is 1.00 bits per heavy atom. The Morgan fingerprint density at radius 3 is 2.58 bits per heavy atom. The zero-order valence-corrected chi connectivity index (χ0v) is 14.7. The molecule has 1 atom stereocenters. The van der Waals surface area contributed by atoms with E-state index in [1.807, 2.05) is 22.8 Å². The number of nitrogens with one attached hydrogen (secondary N) is 1. The van der Waals surface area contributed by atoms with E-state index in [-0.39, 0.29) is 12.0 Å². The van der Waals surface area contributed by atoms with Gasteiger partial charge in [-0.2, -0.15) is 0 Å². The molecule has 5 heteroatoms. The Morgan fingerprint density at radius 2 is 1.77 bits per heavy atom. The van der Waals surface area contributed by atoms with Crippen LogP contribution < -0.4 is 11.1 Å². The van der Waals surface area contributed by atoms with Gasteiger partial charge in [0.1, 0.15) is 5.69 Å². The Hall–Kier alpha value is -3.34. The van der Waals surface area contributed by atoms with Crippen LogP contribution in [0.15, 0.2) is 54.7 Å². The summed E-state index contributed by atoms with van der Waals surface area (Å²) < 4.78 is 1.84. The molecule has 1 aliphatic rings. The van der Waals surface area contributed by atoms with Gasteiger partial charge in [-0.25, -0.2) is 9.50 Å². The van der Waals surface area contributed by atoms with Gasteiger partial charge in [0, 0.05) is 23.0 Å². The van der Waals surface area contributed by atoms with E-state index in [0.29, 0.717) is 0 Å². The minimum Gasteiger partial charge on any atom is -0.373 e. The molecule has 0 fully saturated rings. The third-order valence-corrected chi connectivity index (χ3v) is 5.18. The predicted octanol–water partition coefficient (Wildman–Crippen LogP) is 4.11. The Bertz CT molecular complexity index is 1140. The highest BCUT2D eigenvalue weighted by atomic mass is 15.3. The average molecular weight is 341 g/mol. The number of para-hydroxylation sites is 1. The van der Waals surface area contributed by atoms with E-state index in [1.54, 1.807) is 0 Å². The summed E-state index contributed by atoms with van der Waals surface area (Å²) in [4.78, 5) is 4.58. The van der Waals surface area contributed by atoms with Crippen molar-refractivity contribution in [3.8, 4) is 11.3 Å². The summed E-state index contributed by atoms with van der Waals surface area (Å²) in [6, 6.07) is 16.8. The minimum atomic E-state index is 0.0239. The molecule has 0 spiro atoms. The third kappa shape index (κ3) is 2.03. The van der Waals surface area contributed by atoms with Crippen LogP contribution in [0.4, 0.5) is 11.6 Å². The highest BCUT2D eigenvalue weighted by molar-refractivity contribution is 5.90. The molecule has 0 saturated heterocycles.